The Morgan fingerprint density at radius 2 is 1.85 bits per heavy atom. The highest BCUT2D eigenvalue weighted by Crippen LogP contribution is 2.28. The average molecular weight is 500 g/mol. The number of hydrogen-bond acceptors (Lipinski definition) is 8. The number of carbonyl (C=O) groups is 1. The molecule has 0 bridgehead atoms. The Hall–Kier alpha value is -2.75. The number of halogens is 1. The molecule has 0 saturated carbocycles. The smallest absolute Gasteiger partial charge is 0.267 e. The number of para-hydroxylation sites is 1. The van der Waals surface area contributed by atoms with E-state index in [0.717, 1.165) is 37.6 Å². The van der Waals surface area contributed by atoms with E-state index in [1.54, 1.807) is 12.3 Å². The van der Waals surface area contributed by atoms with Gasteiger partial charge in [-0.25, -0.2) is 15.0 Å². The van der Waals surface area contributed by atoms with Gasteiger partial charge in [-0.15, -0.1) is 0 Å². The molecule has 0 atom stereocenters. The maximum Gasteiger partial charge on any atom is 0.267 e. The standard InChI is InChI=1S/C24H30ClN7OS/c1-15-7-6-8-17(25)21(15)30-22(33)18-14-26-23(34-18)29-19-13-20(28-16(2)27-19)31-9-11-32(12-10-31)24(3,4)5/h6-8,13-14H,9-12H2,1-5H3,(H,30,33)(H,26,27,28,29). The van der Waals surface area contributed by atoms with E-state index in [1.807, 2.05) is 32.0 Å². The number of aryl methyl sites for hydroxylation is 2. The van der Waals surface area contributed by atoms with Crippen molar-refractivity contribution in [1.29, 1.82) is 0 Å². The first-order valence-corrected chi connectivity index (χ1v) is 12.4. The highest BCUT2D eigenvalue weighted by molar-refractivity contribution is 7.17. The molecule has 0 unspecified atom stereocenters. The number of thiazole rings is 1. The average Bonchev–Trinajstić information content (AvgIpc) is 3.24. The maximum absolute atomic E-state index is 12.7. The summed E-state index contributed by atoms with van der Waals surface area (Å²) < 4.78 is 0. The predicted molar refractivity (Wildman–Crippen MR) is 140 cm³/mol. The Kier molecular flexibility index (Phi) is 7.06. The number of aromatic nitrogens is 3. The molecule has 1 aromatic carbocycles. The van der Waals surface area contributed by atoms with Gasteiger partial charge < -0.3 is 15.5 Å². The molecule has 1 aliphatic rings. The zero-order chi connectivity index (χ0) is 24.5. The fourth-order valence-corrected chi connectivity index (χ4v) is 4.88. The van der Waals surface area contributed by atoms with Gasteiger partial charge in [0.25, 0.3) is 5.91 Å². The van der Waals surface area contributed by atoms with E-state index in [4.69, 9.17) is 11.6 Å². The molecular weight excluding hydrogens is 470 g/mol. The van der Waals surface area contributed by atoms with Crippen LogP contribution in [0.3, 0.4) is 0 Å². The number of carbonyl (C=O) groups excluding carboxylic acids is 1. The van der Waals surface area contributed by atoms with Gasteiger partial charge in [0, 0.05) is 37.8 Å². The third kappa shape index (κ3) is 5.65. The Labute approximate surface area is 209 Å². The quantitative estimate of drug-likeness (QED) is 0.503. The van der Waals surface area contributed by atoms with Gasteiger partial charge >= 0.3 is 0 Å². The van der Waals surface area contributed by atoms with Crippen molar-refractivity contribution in [3.63, 3.8) is 0 Å². The van der Waals surface area contributed by atoms with Crippen molar-refractivity contribution in [2.45, 2.75) is 40.2 Å². The molecule has 2 aromatic heterocycles. The minimum Gasteiger partial charge on any atom is -0.354 e. The van der Waals surface area contributed by atoms with Gasteiger partial charge in [-0.2, -0.15) is 0 Å². The SMILES string of the molecule is Cc1nc(Nc2ncc(C(=O)Nc3c(C)cccc3Cl)s2)cc(N2CCN(C(C)(C)C)CC2)n1. The Bertz CT molecular complexity index is 1160. The molecule has 1 amide bonds. The Morgan fingerprint density at radius 3 is 2.53 bits per heavy atom. The number of anilines is 4. The van der Waals surface area contributed by atoms with Gasteiger partial charge in [-0.1, -0.05) is 35.1 Å². The van der Waals surface area contributed by atoms with Crippen molar-refractivity contribution < 1.29 is 4.79 Å². The van der Waals surface area contributed by atoms with Crippen molar-refractivity contribution in [3.8, 4) is 0 Å². The second kappa shape index (κ2) is 9.85. The molecule has 0 aliphatic carbocycles. The monoisotopic (exact) mass is 499 g/mol. The molecule has 1 fully saturated rings. The molecular formula is C24H30ClN7OS. The van der Waals surface area contributed by atoms with Crippen molar-refractivity contribution >= 4 is 51.3 Å². The van der Waals surface area contributed by atoms with Crippen molar-refractivity contribution in [2.24, 2.45) is 0 Å². The van der Waals surface area contributed by atoms with E-state index in [2.05, 4.69) is 56.2 Å². The molecule has 3 heterocycles. The van der Waals surface area contributed by atoms with E-state index >= 15 is 0 Å². The zero-order valence-electron chi connectivity index (χ0n) is 20.1. The fourth-order valence-electron chi connectivity index (χ4n) is 3.90. The molecule has 180 valence electrons. The lowest BCUT2D eigenvalue weighted by molar-refractivity contribution is 0.103. The van der Waals surface area contributed by atoms with Gasteiger partial charge in [-0.3, -0.25) is 9.69 Å². The molecule has 8 nitrogen and oxygen atoms in total. The molecule has 1 aliphatic heterocycles. The van der Waals surface area contributed by atoms with Gasteiger partial charge in [-0.05, 0) is 46.2 Å². The lowest BCUT2D eigenvalue weighted by atomic mass is 10.1. The lowest BCUT2D eigenvalue weighted by Crippen LogP contribution is -2.53. The highest BCUT2D eigenvalue weighted by Gasteiger charge is 2.26. The van der Waals surface area contributed by atoms with Crippen molar-refractivity contribution in [2.75, 3.05) is 41.7 Å². The number of rotatable bonds is 5. The van der Waals surface area contributed by atoms with E-state index in [9.17, 15) is 4.79 Å². The summed E-state index contributed by atoms with van der Waals surface area (Å²) in [5, 5.41) is 7.20. The summed E-state index contributed by atoms with van der Waals surface area (Å²) in [6, 6.07) is 7.44. The molecule has 1 saturated heterocycles. The van der Waals surface area contributed by atoms with Gasteiger partial charge in [0.15, 0.2) is 5.13 Å². The van der Waals surface area contributed by atoms with Crippen LogP contribution in [0.4, 0.5) is 22.5 Å². The molecule has 4 rings (SSSR count). The Balaban J connectivity index is 1.44. The molecule has 2 N–H and O–H groups in total. The number of nitrogens with zero attached hydrogens (tertiary/aromatic N) is 5. The van der Waals surface area contributed by atoms with E-state index in [1.165, 1.54) is 11.3 Å². The summed E-state index contributed by atoms with van der Waals surface area (Å²) in [4.78, 5) is 31.5. The second-order valence-corrected chi connectivity index (χ2v) is 10.8. The molecule has 10 heteroatoms. The predicted octanol–water partition coefficient (Wildman–Crippen LogP) is 5.12. The normalized spacial score (nSPS) is 14.8. The summed E-state index contributed by atoms with van der Waals surface area (Å²) >= 11 is 7.50. The maximum atomic E-state index is 12.7. The van der Waals surface area contributed by atoms with Crippen LogP contribution in [0.25, 0.3) is 0 Å². The summed E-state index contributed by atoms with van der Waals surface area (Å²) in [6.45, 7) is 14.3. The summed E-state index contributed by atoms with van der Waals surface area (Å²) in [6.07, 6.45) is 1.55. The number of piperazine rings is 1. The van der Waals surface area contributed by atoms with E-state index in [-0.39, 0.29) is 11.4 Å². The van der Waals surface area contributed by atoms with Gasteiger partial charge in [0.2, 0.25) is 0 Å². The number of benzene rings is 1. The third-order valence-corrected chi connectivity index (χ3v) is 7.03. The first kappa shape index (κ1) is 24.4. The Morgan fingerprint density at radius 1 is 1.12 bits per heavy atom. The summed E-state index contributed by atoms with van der Waals surface area (Å²) in [5.41, 5.74) is 1.68. The minimum absolute atomic E-state index is 0.166. The van der Waals surface area contributed by atoms with E-state index in [0.29, 0.717) is 32.4 Å². The molecule has 34 heavy (non-hydrogen) atoms. The van der Waals surface area contributed by atoms with Crippen LogP contribution in [0.5, 0.6) is 0 Å². The zero-order valence-corrected chi connectivity index (χ0v) is 21.7. The van der Waals surface area contributed by atoms with E-state index < -0.39 is 0 Å². The van der Waals surface area contributed by atoms with Crippen LogP contribution in [0, 0.1) is 13.8 Å². The van der Waals surface area contributed by atoms with Crippen LogP contribution in [0.1, 0.15) is 41.8 Å². The van der Waals surface area contributed by atoms with Crippen molar-refractivity contribution in [1.82, 2.24) is 19.9 Å². The first-order valence-electron chi connectivity index (χ1n) is 11.2. The van der Waals surface area contributed by atoms with Crippen molar-refractivity contribution in [3.05, 3.63) is 51.7 Å². The minimum atomic E-state index is -0.252. The van der Waals surface area contributed by atoms with Crippen LogP contribution < -0.4 is 15.5 Å². The summed E-state index contributed by atoms with van der Waals surface area (Å²) in [5.74, 6) is 1.98. The lowest BCUT2D eigenvalue weighted by Gasteiger charge is -2.42. The van der Waals surface area contributed by atoms with Crippen LogP contribution in [-0.2, 0) is 0 Å². The van der Waals surface area contributed by atoms with Gasteiger partial charge in [0.1, 0.15) is 22.3 Å². The number of amides is 1. The largest absolute Gasteiger partial charge is 0.354 e. The molecule has 0 radical (unpaired) electrons. The number of nitrogens with one attached hydrogen (secondary N) is 2. The third-order valence-electron chi connectivity index (χ3n) is 5.80. The number of hydrogen-bond donors (Lipinski definition) is 2. The highest BCUT2D eigenvalue weighted by atomic mass is 35.5. The molecule has 0 spiro atoms. The topological polar surface area (TPSA) is 86.3 Å². The van der Waals surface area contributed by atoms with Crippen LogP contribution in [-0.4, -0.2) is 57.5 Å². The fraction of sp³-hybridized carbons (Fsp3) is 0.417. The summed E-state index contributed by atoms with van der Waals surface area (Å²) in [7, 11) is 0. The van der Waals surface area contributed by atoms with Crippen LogP contribution >= 0.6 is 22.9 Å². The molecule has 3 aromatic rings. The van der Waals surface area contributed by atoms with Crippen LogP contribution in [0.15, 0.2) is 30.5 Å². The van der Waals surface area contributed by atoms with Crippen LogP contribution in [0.2, 0.25) is 5.02 Å². The second-order valence-electron chi connectivity index (χ2n) is 9.34. The van der Waals surface area contributed by atoms with Gasteiger partial charge in [0.05, 0.1) is 16.9 Å². The first-order chi connectivity index (χ1) is 16.1.